The number of ether oxygens (including phenoxy) is 1. The molecular weight excluding hydrogens is 452 g/mol. The fourth-order valence-electron chi connectivity index (χ4n) is 5.20. The van der Waals surface area contributed by atoms with E-state index in [9.17, 15) is 4.79 Å². The first-order valence-corrected chi connectivity index (χ1v) is 12.5. The van der Waals surface area contributed by atoms with E-state index in [1.807, 2.05) is 29.3 Å². The molecule has 2 N–H and O–H groups in total. The third-order valence-electron chi connectivity index (χ3n) is 7.20. The van der Waals surface area contributed by atoms with Gasteiger partial charge in [0.2, 0.25) is 5.95 Å². The Balaban J connectivity index is 1.19. The predicted molar refractivity (Wildman–Crippen MR) is 132 cm³/mol. The molecule has 9 heteroatoms. The Morgan fingerprint density at radius 3 is 2.85 bits per heavy atom. The highest BCUT2D eigenvalue weighted by atomic mass is 35.5. The first kappa shape index (κ1) is 23.3. The molecule has 1 atom stereocenters. The normalized spacial score (nSPS) is 22.6. The van der Waals surface area contributed by atoms with Crippen LogP contribution in [0.4, 0.5) is 10.7 Å². The van der Waals surface area contributed by atoms with Gasteiger partial charge in [0.25, 0.3) is 0 Å². The van der Waals surface area contributed by atoms with Crippen LogP contribution in [0.1, 0.15) is 49.9 Å². The van der Waals surface area contributed by atoms with Gasteiger partial charge in [-0.05, 0) is 50.8 Å². The molecule has 1 aromatic heterocycles. The van der Waals surface area contributed by atoms with E-state index >= 15 is 0 Å². The number of benzene rings is 1. The monoisotopic (exact) mass is 484 g/mol. The number of carbonyl (C=O) groups excluding carboxylic acids is 1. The molecule has 4 heterocycles. The Morgan fingerprint density at radius 2 is 2.06 bits per heavy atom. The Morgan fingerprint density at radius 1 is 1.24 bits per heavy atom. The van der Waals surface area contributed by atoms with Crippen molar-refractivity contribution in [3.63, 3.8) is 0 Å². The number of rotatable bonds is 5. The molecule has 8 nitrogen and oxygen atoms in total. The number of aromatic nitrogens is 2. The number of amides is 2. The molecule has 0 spiro atoms. The van der Waals surface area contributed by atoms with Gasteiger partial charge in [-0.3, -0.25) is 4.90 Å². The number of hydrogen-bond donors (Lipinski definition) is 2. The van der Waals surface area contributed by atoms with Gasteiger partial charge in [-0.15, -0.1) is 0 Å². The van der Waals surface area contributed by atoms with Crippen molar-refractivity contribution in [2.75, 3.05) is 31.6 Å². The van der Waals surface area contributed by atoms with Crippen LogP contribution >= 0.6 is 11.6 Å². The maximum absolute atomic E-state index is 13.3. The molecule has 1 aromatic carbocycles. The summed E-state index contributed by atoms with van der Waals surface area (Å²) < 4.78 is 5.43. The molecule has 182 valence electrons. The van der Waals surface area contributed by atoms with E-state index < -0.39 is 5.54 Å². The quantitative estimate of drug-likeness (QED) is 0.672. The van der Waals surface area contributed by atoms with Crippen LogP contribution in [-0.4, -0.2) is 64.2 Å². The highest BCUT2D eigenvalue weighted by molar-refractivity contribution is 6.30. The van der Waals surface area contributed by atoms with Gasteiger partial charge in [-0.1, -0.05) is 23.7 Å². The van der Waals surface area contributed by atoms with Crippen molar-refractivity contribution in [1.82, 2.24) is 25.1 Å². The highest BCUT2D eigenvalue weighted by Gasteiger charge is 2.42. The summed E-state index contributed by atoms with van der Waals surface area (Å²) in [6, 6.07) is 8.38. The Bertz CT molecular complexity index is 1040. The van der Waals surface area contributed by atoms with E-state index in [0.717, 1.165) is 68.4 Å². The zero-order chi connectivity index (χ0) is 23.7. The lowest BCUT2D eigenvalue weighted by Crippen LogP contribution is -2.49. The molecule has 2 aromatic rings. The minimum Gasteiger partial charge on any atom is -0.381 e. The largest absolute Gasteiger partial charge is 0.381 e. The zero-order valence-corrected chi connectivity index (χ0v) is 20.6. The first-order chi connectivity index (χ1) is 16.4. The molecule has 0 saturated carbocycles. The van der Waals surface area contributed by atoms with E-state index in [0.29, 0.717) is 18.5 Å². The number of nitrogens with zero attached hydrogens (tertiary/aromatic N) is 4. The van der Waals surface area contributed by atoms with Crippen LogP contribution in [0.2, 0.25) is 5.02 Å². The molecule has 3 aliphatic heterocycles. The van der Waals surface area contributed by atoms with Crippen LogP contribution in [-0.2, 0) is 23.4 Å². The van der Waals surface area contributed by atoms with Crippen LogP contribution in [0.15, 0.2) is 30.5 Å². The molecule has 2 amide bonds. The summed E-state index contributed by atoms with van der Waals surface area (Å²) in [5.41, 5.74) is 2.66. The minimum absolute atomic E-state index is 0.0449. The fourth-order valence-corrected chi connectivity index (χ4v) is 5.41. The summed E-state index contributed by atoms with van der Waals surface area (Å²) in [4.78, 5) is 26.9. The van der Waals surface area contributed by atoms with E-state index in [1.165, 1.54) is 5.56 Å². The first-order valence-electron chi connectivity index (χ1n) is 12.1. The second-order valence-corrected chi connectivity index (χ2v) is 10.5. The van der Waals surface area contributed by atoms with Gasteiger partial charge in [0.1, 0.15) is 0 Å². The van der Waals surface area contributed by atoms with Gasteiger partial charge in [0.15, 0.2) is 0 Å². The Kier molecular flexibility index (Phi) is 6.64. The molecule has 0 aliphatic carbocycles. The molecule has 5 rings (SSSR count). The summed E-state index contributed by atoms with van der Waals surface area (Å²) >= 11 is 6.12. The average molecular weight is 485 g/mol. The van der Waals surface area contributed by atoms with E-state index in [4.69, 9.17) is 21.3 Å². The number of halogens is 1. The van der Waals surface area contributed by atoms with Crippen LogP contribution < -0.4 is 10.6 Å². The van der Waals surface area contributed by atoms with Crippen molar-refractivity contribution in [3.8, 4) is 0 Å². The lowest BCUT2D eigenvalue weighted by Gasteiger charge is -2.33. The maximum Gasteiger partial charge on any atom is 0.318 e. The van der Waals surface area contributed by atoms with Crippen LogP contribution in [0.3, 0.4) is 0 Å². The number of likely N-dealkylation sites (tertiary alicyclic amines) is 1. The van der Waals surface area contributed by atoms with Crippen molar-refractivity contribution in [2.45, 2.75) is 63.8 Å². The number of anilines is 1. The third-order valence-corrected chi connectivity index (χ3v) is 7.44. The summed E-state index contributed by atoms with van der Waals surface area (Å²) in [6.07, 6.45) is 4.72. The van der Waals surface area contributed by atoms with Gasteiger partial charge in [-0.2, -0.15) is 0 Å². The molecule has 0 radical (unpaired) electrons. The Labute approximate surface area is 206 Å². The SMILES string of the molecule is CC1(C)c2cnc(NC3CCOCC3)nc2CN1C(=O)N[C@@H]1CCN(Cc2cccc(Cl)c2)C1. The van der Waals surface area contributed by atoms with Gasteiger partial charge >= 0.3 is 6.03 Å². The lowest BCUT2D eigenvalue weighted by molar-refractivity contribution is 0.0903. The van der Waals surface area contributed by atoms with E-state index in [1.54, 1.807) is 0 Å². The standard InChI is InChI=1S/C25H33ClN6O2/c1-25(2)21-13-27-23(28-19-7-10-34-11-8-19)30-22(21)16-32(25)24(33)29-20-6-9-31(15-20)14-17-4-3-5-18(26)12-17/h3-5,12-13,19-20H,6-11,14-16H2,1-2H3,(H,29,33)(H,27,28,30)/t20-/m1/s1. The van der Waals surface area contributed by atoms with Crippen LogP contribution in [0.25, 0.3) is 0 Å². The second-order valence-electron chi connectivity index (χ2n) is 10.0. The summed E-state index contributed by atoms with van der Waals surface area (Å²) in [6.45, 7) is 8.76. The topological polar surface area (TPSA) is 82.6 Å². The van der Waals surface area contributed by atoms with Gasteiger partial charge < -0.3 is 20.3 Å². The van der Waals surface area contributed by atoms with Crippen LogP contribution in [0.5, 0.6) is 0 Å². The molecule has 2 saturated heterocycles. The van der Waals surface area contributed by atoms with Crippen molar-refractivity contribution >= 4 is 23.6 Å². The minimum atomic E-state index is -0.463. The number of carbonyl (C=O) groups is 1. The zero-order valence-electron chi connectivity index (χ0n) is 19.9. The van der Waals surface area contributed by atoms with Crippen LogP contribution in [0, 0.1) is 0 Å². The number of urea groups is 1. The Hall–Kier alpha value is -2.42. The fraction of sp³-hybridized carbons (Fsp3) is 0.560. The van der Waals surface area contributed by atoms with Gasteiger partial charge in [-0.25, -0.2) is 14.8 Å². The predicted octanol–water partition coefficient (Wildman–Crippen LogP) is 3.76. The van der Waals surface area contributed by atoms with Gasteiger partial charge in [0, 0.05) is 61.7 Å². The number of hydrogen-bond acceptors (Lipinski definition) is 6. The van der Waals surface area contributed by atoms with E-state index in [-0.39, 0.29) is 12.1 Å². The highest BCUT2D eigenvalue weighted by Crippen LogP contribution is 2.38. The van der Waals surface area contributed by atoms with Crippen molar-refractivity contribution in [2.24, 2.45) is 0 Å². The van der Waals surface area contributed by atoms with Crippen molar-refractivity contribution in [3.05, 3.63) is 52.3 Å². The molecule has 2 fully saturated rings. The lowest BCUT2D eigenvalue weighted by atomic mass is 9.97. The van der Waals surface area contributed by atoms with Crippen molar-refractivity contribution < 1.29 is 9.53 Å². The number of fused-ring (bicyclic) bond motifs is 1. The second kappa shape index (κ2) is 9.68. The molecule has 0 unspecified atom stereocenters. The molecular formula is C25H33ClN6O2. The molecule has 34 heavy (non-hydrogen) atoms. The molecule has 0 bridgehead atoms. The number of nitrogens with one attached hydrogen (secondary N) is 2. The smallest absolute Gasteiger partial charge is 0.318 e. The summed E-state index contributed by atoms with van der Waals surface area (Å²) in [7, 11) is 0. The molecule has 3 aliphatic rings. The summed E-state index contributed by atoms with van der Waals surface area (Å²) in [5.74, 6) is 0.635. The maximum atomic E-state index is 13.3. The third kappa shape index (κ3) is 4.99. The average Bonchev–Trinajstić information content (AvgIpc) is 3.35. The van der Waals surface area contributed by atoms with E-state index in [2.05, 4.69) is 40.4 Å². The van der Waals surface area contributed by atoms with Gasteiger partial charge in [0.05, 0.1) is 17.8 Å². The summed E-state index contributed by atoms with van der Waals surface area (Å²) in [5, 5.41) is 7.45. The van der Waals surface area contributed by atoms with Crippen molar-refractivity contribution in [1.29, 1.82) is 0 Å².